The fourth-order valence-electron chi connectivity index (χ4n) is 9.18. The van der Waals surface area contributed by atoms with Crippen LogP contribution in [0.2, 0.25) is 0 Å². The van der Waals surface area contributed by atoms with Crippen LogP contribution in [0.3, 0.4) is 0 Å². The molecule has 4 fully saturated rings. The minimum atomic E-state index is 0.132. The minimum absolute atomic E-state index is 0.132. The van der Waals surface area contributed by atoms with Crippen molar-refractivity contribution < 1.29 is 19.4 Å². The molecule has 0 spiro atoms. The number of carbonyl (C=O) groups excluding carboxylic acids is 2. The standard InChI is InChI=1S/C18H21N3OS2.C12H14N2OS2.C11H14N2OS2.C11H12N2OS2/c1-22-14-7-5-13(6-8-14)19-12-15-11-16-17(23-15)20-18(24-16)21-9-3-2-4-10-21;1-8(15)9-7-10-11(16-9)13-12(17-10)14-5-3-2-4-6-14;2*14-7-8-6-9-10(15-8)12-11(16-9)13-4-2-1-3-5-13/h5-8,11,19H,2-4,9-10,12H2,1H3;7H,2-6H2,1H3;6,14H,1-5,7H2;6-7H,1-5H2. The largest absolute Gasteiger partial charge is 0.497 e. The highest BCUT2D eigenvalue weighted by Gasteiger charge is 2.21. The molecular formula is C52H61N9O4S8. The second-order valence-electron chi connectivity index (χ2n) is 18.5. The zero-order chi connectivity index (χ0) is 50.1. The molecule has 4 saturated heterocycles. The summed E-state index contributed by atoms with van der Waals surface area (Å²) >= 11 is 13.4. The Morgan fingerprint density at radius 1 is 0.548 bits per heavy atom. The molecule has 13 nitrogen and oxygen atoms in total. The molecule has 0 aliphatic carbocycles. The van der Waals surface area contributed by atoms with Gasteiger partial charge in [0, 0.05) is 74.3 Å². The zero-order valence-electron chi connectivity index (χ0n) is 41.3. The van der Waals surface area contributed by atoms with Crippen LogP contribution >= 0.6 is 90.7 Å². The molecule has 0 saturated carbocycles. The van der Waals surface area contributed by atoms with E-state index in [2.05, 4.69) is 52.0 Å². The number of aldehydes is 1. The van der Waals surface area contributed by atoms with Crippen LogP contribution in [0, 0.1) is 0 Å². The third-order valence-electron chi connectivity index (χ3n) is 13.1. The number of thiophene rings is 4. The normalized spacial score (nSPS) is 16.3. The number of ether oxygens (including phenoxy) is 1. The maximum Gasteiger partial charge on any atom is 0.187 e. The van der Waals surface area contributed by atoms with E-state index in [0.29, 0.717) is 0 Å². The minimum Gasteiger partial charge on any atom is -0.497 e. The number of Topliss-reactive ketones (excluding diaryl/α,β-unsaturated/α-hetero) is 1. The van der Waals surface area contributed by atoms with Crippen molar-refractivity contribution >= 4 is 167 Å². The van der Waals surface area contributed by atoms with Crippen molar-refractivity contribution in [3.8, 4) is 5.75 Å². The summed E-state index contributed by atoms with van der Waals surface area (Å²) < 4.78 is 10.0. The lowest BCUT2D eigenvalue weighted by Crippen LogP contribution is -2.29. The van der Waals surface area contributed by atoms with Gasteiger partial charge in [-0.25, -0.2) is 19.9 Å². The van der Waals surface area contributed by atoms with Gasteiger partial charge in [-0.15, -0.1) is 45.3 Å². The molecule has 9 aromatic rings. The highest BCUT2D eigenvalue weighted by molar-refractivity contribution is 7.31. The van der Waals surface area contributed by atoms with Gasteiger partial charge in [0.2, 0.25) is 0 Å². The molecule has 386 valence electrons. The predicted octanol–water partition coefficient (Wildman–Crippen LogP) is 14.5. The molecule has 2 N–H and O–H groups in total. The van der Waals surface area contributed by atoms with Crippen molar-refractivity contribution in [3.63, 3.8) is 0 Å². The van der Waals surface area contributed by atoms with E-state index in [1.165, 1.54) is 124 Å². The van der Waals surface area contributed by atoms with Crippen LogP contribution in [-0.2, 0) is 13.2 Å². The Morgan fingerprint density at radius 3 is 1.33 bits per heavy atom. The predicted molar refractivity (Wildman–Crippen MR) is 316 cm³/mol. The molecule has 0 amide bonds. The van der Waals surface area contributed by atoms with Crippen molar-refractivity contribution in [3.05, 3.63) is 68.0 Å². The number of piperidine rings is 4. The van der Waals surface area contributed by atoms with Crippen LogP contribution < -0.4 is 29.7 Å². The van der Waals surface area contributed by atoms with Crippen molar-refractivity contribution in [2.75, 3.05) is 84.4 Å². The van der Waals surface area contributed by atoms with Crippen LogP contribution in [0.15, 0.2) is 48.5 Å². The number of aromatic nitrogens is 4. The molecule has 73 heavy (non-hydrogen) atoms. The van der Waals surface area contributed by atoms with Gasteiger partial charge in [0.05, 0.1) is 42.3 Å². The van der Waals surface area contributed by atoms with Gasteiger partial charge < -0.3 is 34.8 Å². The lowest BCUT2D eigenvalue weighted by atomic mass is 10.1. The van der Waals surface area contributed by atoms with E-state index in [9.17, 15) is 9.59 Å². The van der Waals surface area contributed by atoms with Crippen molar-refractivity contribution in [2.24, 2.45) is 0 Å². The van der Waals surface area contributed by atoms with E-state index < -0.39 is 0 Å². The first-order valence-electron chi connectivity index (χ1n) is 25.3. The van der Waals surface area contributed by atoms with Crippen LogP contribution in [-0.4, -0.2) is 96.6 Å². The van der Waals surface area contributed by atoms with Crippen LogP contribution in [0.5, 0.6) is 5.75 Å². The van der Waals surface area contributed by atoms with Gasteiger partial charge in [0.25, 0.3) is 0 Å². The smallest absolute Gasteiger partial charge is 0.187 e. The monoisotopic (exact) mass is 1130 g/mol. The van der Waals surface area contributed by atoms with E-state index in [-0.39, 0.29) is 12.4 Å². The van der Waals surface area contributed by atoms with Gasteiger partial charge in [-0.3, -0.25) is 9.59 Å². The lowest BCUT2D eigenvalue weighted by Gasteiger charge is -2.25. The fraction of sp³-hybridized carbons (Fsp3) is 0.462. The summed E-state index contributed by atoms with van der Waals surface area (Å²) in [7, 11) is 1.69. The maximum absolute atomic E-state index is 11.3. The first kappa shape index (κ1) is 52.1. The molecule has 0 bridgehead atoms. The average Bonchev–Trinajstić information content (AvgIpc) is 4.31. The van der Waals surface area contributed by atoms with E-state index in [0.717, 1.165) is 131 Å². The number of hydrogen-bond donors (Lipinski definition) is 2. The Balaban J connectivity index is 0.000000113. The van der Waals surface area contributed by atoms with Gasteiger partial charge >= 0.3 is 0 Å². The number of thiazole rings is 4. The Bertz CT molecular complexity index is 3070. The van der Waals surface area contributed by atoms with Crippen molar-refractivity contribution in [1.29, 1.82) is 0 Å². The quantitative estimate of drug-likeness (QED) is 0.0939. The fourth-order valence-corrected chi connectivity index (χ4v) is 17.8. The summed E-state index contributed by atoms with van der Waals surface area (Å²) in [6, 6.07) is 16.3. The van der Waals surface area contributed by atoms with Crippen LogP contribution in [0.4, 0.5) is 26.2 Å². The Hall–Kier alpha value is -4.32. The van der Waals surface area contributed by atoms with Crippen molar-refractivity contribution in [1.82, 2.24) is 19.9 Å². The molecule has 0 radical (unpaired) electrons. The second-order valence-corrected chi connectivity index (χ2v) is 26.8. The second kappa shape index (κ2) is 25.0. The summed E-state index contributed by atoms with van der Waals surface area (Å²) in [4.78, 5) is 58.5. The van der Waals surface area contributed by atoms with Crippen LogP contribution in [0.25, 0.3) is 38.1 Å². The van der Waals surface area contributed by atoms with E-state index >= 15 is 0 Å². The molecular weight excluding hydrogens is 1070 g/mol. The Kier molecular flexibility index (Phi) is 17.9. The maximum atomic E-state index is 11.3. The molecule has 12 heterocycles. The molecule has 13 rings (SSSR count). The van der Waals surface area contributed by atoms with Gasteiger partial charge in [-0.1, -0.05) is 45.3 Å². The number of methoxy groups -OCH3 is 1. The zero-order valence-corrected chi connectivity index (χ0v) is 47.8. The van der Waals surface area contributed by atoms with E-state index in [1.807, 2.05) is 47.7 Å². The SMILES string of the molecule is CC(=O)c1cc2sc(N3CCCCC3)nc2s1.COc1ccc(NCc2cc3sc(N4CCCCC4)nc3s2)cc1.O=Cc1cc2sc(N3CCCCC3)nc2s1.OCc1cc2sc(N3CCCCC3)nc2s1. The number of nitrogens with zero attached hydrogens (tertiary/aromatic N) is 8. The third kappa shape index (κ3) is 13.2. The number of ketones is 1. The number of carbonyl (C=O) groups is 2. The first-order valence-corrected chi connectivity index (χ1v) is 31.9. The number of fused-ring (bicyclic) bond motifs is 4. The molecule has 0 atom stereocenters. The van der Waals surface area contributed by atoms with Gasteiger partial charge in [-0.05, 0) is 133 Å². The average molecular weight is 1130 g/mol. The Morgan fingerprint density at radius 2 is 0.945 bits per heavy atom. The molecule has 8 aromatic heterocycles. The topological polar surface area (TPSA) is 140 Å². The number of nitrogens with one attached hydrogen (secondary N) is 1. The van der Waals surface area contributed by atoms with Gasteiger partial charge in [0.1, 0.15) is 25.1 Å². The van der Waals surface area contributed by atoms with Crippen LogP contribution in [0.1, 0.15) is 113 Å². The first-order chi connectivity index (χ1) is 35.8. The molecule has 21 heteroatoms. The van der Waals surface area contributed by atoms with Gasteiger partial charge in [-0.2, -0.15) is 0 Å². The highest BCUT2D eigenvalue weighted by Crippen LogP contribution is 2.39. The molecule has 4 aliphatic rings. The summed E-state index contributed by atoms with van der Waals surface area (Å²) in [6.45, 7) is 11.7. The summed E-state index contributed by atoms with van der Waals surface area (Å²) in [5.74, 6) is 1.02. The van der Waals surface area contributed by atoms with E-state index in [4.69, 9.17) is 14.8 Å². The number of aliphatic hydroxyl groups is 1. The van der Waals surface area contributed by atoms with E-state index in [1.54, 1.807) is 70.7 Å². The number of hydrogen-bond acceptors (Lipinski definition) is 21. The summed E-state index contributed by atoms with van der Waals surface area (Å²) in [6.07, 6.45) is 16.5. The Labute approximate surface area is 458 Å². The third-order valence-corrected chi connectivity index (χ3v) is 22.0. The highest BCUT2D eigenvalue weighted by atomic mass is 32.1. The lowest BCUT2D eigenvalue weighted by molar-refractivity contribution is 0.102. The number of benzene rings is 1. The van der Waals surface area contributed by atoms with Gasteiger partial charge in [0.15, 0.2) is 32.6 Å². The molecule has 0 unspecified atom stereocenters. The molecule has 4 aliphatic heterocycles. The summed E-state index contributed by atoms with van der Waals surface area (Å²) in [5.41, 5.74) is 1.11. The number of aliphatic hydroxyl groups excluding tert-OH is 1. The van der Waals surface area contributed by atoms with Crippen molar-refractivity contribution in [2.45, 2.75) is 97.1 Å². The number of rotatable bonds is 11. The molecule has 1 aromatic carbocycles. The summed E-state index contributed by atoms with van der Waals surface area (Å²) in [5, 5.41) is 17.1. The number of anilines is 5.